The molecule has 3 N–H and O–H groups in total. The molecule has 0 radical (unpaired) electrons. The molecule has 1 aromatic rings. The molecule has 0 aliphatic heterocycles. The number of benzene rings is 1. The molecule has 0 bridgehead atoms. The highest BCUT2D eigenvalue weighted by Crippen LogP contribution is 2.18. The van der Waals surface area contributed by atoms with E-state index in [-0.39, 0.29) is 5.54 Å². The van der Waals surface area contributed by atoms with Gasteiger partial charge in [0.1, 0.15) is 5.75 Å². The largest absolute Gasteiger partial charge is 0.496 e. The van der Waals surface area contributed by atoms with Crippen molar-refractivity contribution in [1.82, 2.24) is 5.32 Å². The molecule has 0 aliphatic rings. The van der Waals surface area contributed by atoms with Crippen LogP contribution in [0.1, 0.15) is 25.0 Å². The van der Waals surface area contributed by atoms with Crippen LogP contribution in [0, 0.1) is 6.92 Å². The number of ether oxygens (including phenoxy) is 1. The van der Waals surface area contributed by atoms with Gasteiger partial charge in [-0.15, -0.1) is 0 Å². The van der Waals surface area contributed by atoms with E-state index in [4.69, 9.17) is 10.5 Å². The number of hydrogen-bond acceptors (Lipinski definition) is 3. The monoisotopic (exact) mass is 222 g/mol. The van der Waals surface area contributed by atoms with Gasteiger partial charge in [0.2, 0.25) is 0 Å². The summed E-state index contributed by atoms with van der Waals surface area (Å²) in [4.78, 5) is 0. The predicted octanol–water partition coefficient (Wildman–Crippen LogP) is 1.83. The van der Waals surface area contributed by atoms with Crippen LogP contribution in [0.15, 0.2) is 18.2 Å². The standard InChI is InChI=1S/C13H22N2O/c1-10-7-11(5-6-12(10)16-4)8-15-13(2,3)9-14/h5-7,15H,8-9,14H2,1-4H3. The van der Waals surface area contributed by atoms with Crippen molar-refractivity contribution < 1.29 is 4.74 Å². The van der Waals surface area contributed by atoms with Gasteiger partial charge in [-0.1, -0.05) is 12.1 Å². The molecule has 0 aromatic heterocycles. The lowest BCUT2D eigenvalue weighted by Crippen LogP contribution is -2.45. The van der Waals surface area contributed by atoms with Gasteiger partial charge >= 0.3 is 0 Å². The zero-order valence-electron chi connectivity index (χ0n) is 10.6. The highest BCUT2D eigenvalue weighted by atomic mass is 16.5. The molecule has 0 atom stereocenters. The first-order chi connectivity index (χ1) is 7.48. The number of methoxy groups -OCH3 is 1. The summed E-state index contributed by atoms with van der Waals surface area (Å²) in [5.74, 6) is 0.932. The van der Waals surface area contributed by atoms with Crippen molar-refractivity contribution >= 4 is 0 Å². The molecule has 0 amide bonds. The van der Waals surface area contributed by atoms with Crippen LogP contribution in [0.2, 0.25) is 0 Å². The quantitative estimate of drug-likeness (QED) is 0.799. The summed E-state index contributed by atoms with van der Waals surface area (Å²) >= 11 is 0. The van der Waals surface area contributed by atoms with E-state index in [0.29, 0.717) is 6.54 Å². The van der Waals surface area contributed by atoms with Crippen LogP contribution in [0.5, 0.6) is 5.75 Å². The number of hydrogen-bond donors (Lipinski definition) is 2. The molecule has 0 saturated heterocycles. The Bertz CT molecular complexity index is 348. The SMILES string of the molecule is COc1ccc(CNC(C)(C)CN)cc1C. The van der Waals surface area contributed by atoms with Crippen molar-refractivity contribution in [3.05, 3.63) is 29.3 Å². The highest BCUT2D eigenvalue weighted by Gasteiger charge is 2.13. The molecule has 0 saturated carbocycles. The molecule has 3 heteroatoms. The van der Waals surface area contributed by atoms with E-state index in [1.54, 1.807) is 7.11 Å². The summed E-state index contributed by atoms with van der Waals surface area (Å²) in [5.41, 5.74) is 8.05. The average Bonchev–Trinajstić information content (AvgIpc) is 2.27. The number of rotatable bonds is 5. The Morgan fingerprint density at radius 2 is 2.06 bits per heavy atom. The Labute approximate surface area is 98.0 Å². The summed E-state index contributed by atoms with van der Waals surface area (Å²) in [5, 5.41) is 3.42. The van der Waals surface area contributed by atoms with E-state index < -0.39 is 0 Å². The smallest absolute Gasteiger partial charge is 0.121 e. The fourth-order valence-electron chi connectivity index (χ4n) is 1.46. The third-order valence-electron chi connectivity index (χ3n) is 2.74. The van der Waals surface area contributed by atoms with Gasteiger partial charge in [0.05, 0.1) is 7.11 Å². The molecule has 1 rings (SSSR count). The van der Waals surface area contributed by atoms with Gasteiger partial charge in [-0.2, -0.15) is 0 Å². The number of nitrogens with one attached hydrogen (secondary N) is 1. The van der Waals surface area contributed by atoms with Crippen LogP contribution in [0.3, 0.4) is 0 Å². The molecule has 0 fully saturated rings. The average molecular weight is 222 g/mol. The van der Waals surface area contributed by atoms with Crippen molar-refractivity contribution in [1.29, 1.82) is 0 Å². The Kier molecular flexibility index (Phi) is 4.33. The molecule has 0 aliphatic carbocycles. The van der Waals surface area contributed by atoms with Crippen LogP contribution in [0.25, 0.3) is 0 Å². The fraction of sp³-hybridized carbons (Fsp3) is 0.538. The van der Waals surface area contributed by atoms with E-state index in [0.717, 1.165) is 17.9 Å². The summed E-state index contributed by atoms with van der Waals surface area (Å²) in [6.45, 7) is 7.71. The maximum Gasteiger partial charge on any atom is 0.121 e. The van der Waals surface area contributed by atoms with Crippen LogP contribution in [-0.2, 0) is 6.54 Å². The summed E-state index contributed by atoms with van der Waals surface area (Å²) < 4.78 is 5.23. The van der Waals surface area contributed by atoms with E-state index in [1.807, 2.05) is 6.07 Å². The number of nitrogens with two attached hydrogens (primary N) is 1. The molecule has 90 valence electrons. The molecular weight excluding hydrogens is 200 g/mol. The highest BCUT2D eigenvalue weighted by molar-refractivity contribution is 5.36. The summed E-state index contributed by atoms with van der Waals surface area (Å²) in [6, 6.07) is 6.21. The van der Waals surface area contributed by atoms with Gasteiger partial charge < -0.3 is 15.8 Å². The molecule has 16 heavy (non-hydrogen) atoms. The summed E-state index contributed by atoms with van der Waals surface area (Å²) in [6.07, 6.45) is 0. The van der Waals surface area contributed by atoms with E-state index >= 15 is 0 Å². The molecule has 0 unspecified atom stereocenters. The summed E-state index contributed by atoms with van der Waals surface area (Å²) in [7, 11) is 1.69. The third-order valence-corrected chi connectivity index (χ3v) is 2.74. The van der Waals surface area contributed by atoms with Gasteiger partial charge in [-0.3, -0.25) is 0 Å². The first-order valence-corrected chi connectivity index (χ1v) is 5.57. The van der Waals surface area contributed by atoms with Crippen LogP contribution in [-0.4, -0.2) is 19.2 Å². The molecule has 3 nitrogen and oxygen atoms in total. The third kappa shape index (κ3) is 3.51. The van der Waals surface area contributed by atoms with Gasteiger partial charge in [0, 0.05) is 18.6 Å². The number of aryl methyl sites for hydroxylation is 1. The molecular formula is C13H22N2O. The molecule has 0 spiro atoms. The van der Waals surface area contributed by atoms with Gasteiger partial charge in [0.15, 0.2) is 0 Å². The Morgan fingerprint density at radius 1 is 1.38 bits per heavy atom. The van der Waals surface area contributed by atoms with Crippen molar-refractivity contribution in [2.75, 3.05) is 13.7 Å². The second kappa shape index (κ2) is 5.32. The van der Waals surface area contributed by atoms with E-state index in [9.17, 15) is 0 Å². The van der Waals surface area contributed by atoms with Crippen molar-refractivity contribution in [2.45, 2.75) is 32.9 Å². The van der Waals surface area contributed by atoms with Gasteiger partial charge in [-0.25, -0.2) is 0 Å². The van der Waals surface area contributed by atoms with Crippen molar-refractivity contribution in [3.63, 3.8) is 0 Å². The second-order valence-corrected chi connectivity index (χ2v) is 4.75. The lowest BCUT2D eigenvalue weighted by Gasteiger charge is -2.24. The maximum atomic E-state index is 5.66. The first-order valence-electron chi connectivity index (χ1n) is 5.57. The Morgan fingerprint density at radius 3 is 2.56 bits per heavy atom. The normalized spacial score (nSPS) is 11.6. The van der Waals surface area contributed by atoms with Crippen molar-refractivity contribution in [3.8, 4) is 5.75 Å². The minimum atomic E-state index is -0.0200. The van der Waals surface area contributed by atoms with E-state index in [1.165, 1.54) is 5.56 Å². The topological polar surface area (TPSA) is 47.3 Å². The zero-order chi connectivity index (χ0) is 12.2. The Hall–Kier alpha value is -1.06. The van der Waals surface area contributed by atoms with Gasteiger partial charge in [0.25, 0.3) is 0 Å². The fourth-order valence-corrected chi connectivity index (χ4v) is 1.46. The molecule has 0 heterocycles. The minimum Gasteiger partial charge on any atom is -0.496 e. The first kappa shape index (κ1) is 13.0. The van der Waals surface area contributed by atoms with E-state index in [2.05, 4.69) is 38.2 Å². The lowest BCUT2D eigenvalue weighted by molar-refractivity contribution is 0.395. The van der Waals surface area contributed by atoms with Crippen molar-refractivity contribution in [2.24, 2.45) is 5.73 Å². The Balaban J connectivity index is 2.65. The zero-order valence-corrected chi connectivity index (χ0v) is 10.6. The second-order valence-electron chi connectivity index (χ2n) is 4.75. The predicted molar refractivity (Wildman–Crippen MR) is 67.7 cm³/mol. The van der Waals surface area contributed by atoms with Crippen LogP contribution < -0.4 is 15.8 Å². The van der Waals surface area contributed by atoms with Gasteiger partial charge in [-0.05, 0) is 38.0 Å². The lowest BCUT2D eigenvalue weighted by atomic mass is 10.0. The van der Waals surface area contributed by atoms with Crippen LogP contribution in [0.4, 0.5) is 0 Å². The molecule has 1 aromatic carbocycles. The minimum absolute atomic E-state index is 0.0200. The van der Waals surface area contributed by atoms with Crippen LogP contribution >= 0.6 is 0 Å². The maximum absolute atomic E-state index is 5.66.